The predicted octanol–water partition coefficient (Wildman–Crippen LogP) is 1.10. The van der Waals surface area contributed by atoms with E-state index in [1.54, 1.807) is 0 Å². The second-order valence-electron chi connectivity index (χ2n) is 3.51. The summed E-state index contributed by atoms with van der Waals surface area (Å²) in [6.45, 7) is 0.304. The van der Waals surface area contributed by atoms with Crippen molar-refractivity contribution in [2.24, 2.45) is 0 Å². The SMILES string of the molecule is CC(C)(NS(=O)(=O)C(F)(F)F)S(=O)(=O)C(F)(F)F. The van der Waals surface area contributed by atoms with Crippen LogP contribution in [0.3, 0.4) is 0 Å². The Kier molecular flexibility index (Phi) is 4.10. The number of hydrogen-bond donors (Lipinski definition) is 1. The lowest BCUT2D eigenvalue weighted by atomic mass is 10.4. The molecule has 18 heavy (non-hydrogen) atoms. The highest BCUT2D eigenvalue weighted by Gasteiger charge is 2.59. The van der Waals surface area contributed by atoms with Crippen molar-refractivity contribution in [1.29, 1.82) is 0 Å². The Labute approximate surface area is 98.1 Å². The monoisotopic (exact) mass is 323 g/mol. The van der Waals surface area contributed by atoms with Crippen molar-refractivity contribution in [3.05, 3.63) is 0 Å². The number of alkyl halides is 6. The highest BCUT2D eigenvalue weighted by molar-refractivity contribution is 7.95. The molecule has 0 heterocycles. The van der Waals surface area contributed by atoms with Crippen LogP contribution in [0.4, 0.5) is 26.3 Å². The van der Waals surface area contributed by atoms with Gasteiger partial charge in [-0.25, -0.2) is 16.8 Å². The topological polar surface area (TPSA) is 80.3 Å². The molecule has 0 aliphatic rings. The molecule has 0 atom stereocenters. The lowest BCUT2D eigenvalue weighted by Crippen LogP contribution is -2.56. The first-order valence-electron chi connectivity index (χ1n) is 3.87. The van der Waals surface area contributed by atoms with Gasteiger partial charge in [0.05, 0.1) is 0 Å². The molecule has 0 aromatic rings. The van der Waals surface area contributed by atoms with E-state index in [9.17, 15) is 43.2 Å². The minimum Gasteiger partial charge on any atom is -0.218 e. The molecule has 0 saturated carbocycles. The largest absolute Gasteiger partial charge is 0.511 e. The van der Waals surface area contributed by atoms with E-state index in [4.69, 9.17) is 0 Å². The number of halogens is 6. The predicted molar refractivity (Wildman–Crippen MR) is 47.2 cm³/mol. The summed E-state index contributed by atoms with van der Waals surface area (Å²) >= 11 is 0. The van der Waals surface area contributed by atoms with E-state index in [-0.39, 0.29) is 13.8 Å². The van der Waals surface area contributed by atoms with Crippen molar-refractivity contribution in [3.8, 4) is 0 Å². The second kappa shape index (κ2) is 4.23. The molecule has 0 spiro atoms. The van der Waals surface area contributed by atoms with Crippen LogP contribution in [-0.4, -0.2) is 32.7 Å². The molecule has 0 radical (unpaired) electrons. The van der Waals surface area contributed by atoms with Crippen LogP contribution in [0.5, 0.6) is 0 Å². The third kappa shape index (κ3) is 3.06. The summed E-state index contributed by atoms with van der Waals surface area (Å²) in [5.74, 6) is 0. The molecule has 0 bridgehead atoms. The molecular formula is C5H7F6NO4S2. The Morgan fingerprint density at radius 2 is 1.11 bits per heavy atom. The van der Waals surface area contributed by atoms with Gasteiger partial charge in [-0.15, -0.1) is 0 Å². The first-order chi connectivity index (χ1) is 7.46. The zero-order valence-electron chi connectivity index (χ0n) is 8.72. The van der Waals surface area contributed by atoms with Gasteiger partial charge in [0, 0.05) is 0 Å². The van der Waals surface area contributed by atoms with E-state index in [0.717, 1.165) is 0 Å². The van der Waals surface area contributed by atoms with Gasteiger partial charge in [-0.05, 0) is 13.8 Å². The van der Waals surface area contributed by atoms with Crippen molar-refractivity contribution < 1.29 is 43.2 Å². The van der Waals surface area contributed by atoms with Gasteiger partial charge < -0.3 is 0 Å². The third-order valence-corrected chi connectivity index (χ3v) is 5.23. The van der Waals surface area contributed by atoms with E-state index in [2.05, 4.69) is 0 Å². The molecule has 1 N–H and O–H groups in total. The van der Waals surface area contributed by atoms with Gasteiger partial charge in [-0.2, -0.15) is 31.1 Å². The fourth-order valence-electron chi connectivity index (χ4n) is 0.726. The lowest BCUT2D eigenvalue weighted by molar-refractivity contribution is -0.0488. The number of sulfonamides is 1. The second-order valence-corrected chi connectivity index (χ2v) is 7.68. The zero-order valence-corrected chi connectivity index (χ0v) is 10.4. The summed E-state index contributed by atoms with van der Waals surface area (Å²) in [5, 5.41) is 0. The van der Waals surface area contributed by atoms with E-state index in [1.165, 1.54) is 0 Å². The van der Waals surface area contributed by atoms with Gasteiger partial charge in [0.15, 0.2) is 0 Å². The first kappa shape index (κ1) is 17.4. The maximum atomic E-state index is 12.1. The smallest absolute Gasteiger partial charge is 0.218 e. The van der Waals surface area contributed by atoms with Gasteiger partial charge >= 0.3 is 21.0 Å². The lowest BCUT2D eigenvalue weighted by Gasteiger charge is -2.27. The molecule has 0 aliphatic carbocycles. The molecule has 13 heteroatoms. The summed E-state index contributed by atoms with van der Waals surface area (Å²) in [4.78, 5) is -3.39. The van der Waals surface area contributed by atoms with Crippen LogP contribution in [-0.2, 0) is 19.9 Å². The fraction of sp³-hybridized carbons (Fsp3) is 1.00. The fourth-order valence-corrected chi connectivity index (χ4v) is 2.84. The summed E-state index contributed by atoms with van der Waals surface area (Å²) in [7, 11) is -12.4. The van der Waals surface area contributed by atoms with E-state index >= 15 is 0 Å². The molecule has 110 valence electrons. The maximum absolute atomic E-state index is 12.1. The Balaban J connectivity index is 5.63. The summed E-state index contributed by atoms with van der Waals surface area (Å²) < 4.78 is 115. The first-order valence-corrected chi connectivity index (χ1v) is 6.83. The molecule has 5 nitrogen and oxygen atoms in total. The number of rotatable bonds is 3. The molecule has 0 rings (SSSR count). The molecule has 0 unspecified atom stereocenters. The number of sulfone groups is 1. The van der Waals surface area contributed by atoms with Crippen molar-refractivity contribution in [2.45, 2.75) is 29.7 Å². The molecule has 0 saturated heterocycles. The Morgan fingerprint density at radius 1 is 0.778 bits per heavy atom. The van der Waals surface area contributed by atoms with Gasteiger partial charge in [0.2, 0.25) is 0 Å². The number of nitrogens with one attached hydrogen (secondary N) is 1. The normalized spacial score (nSPS) is 15.8. The van der Waals surface area contributed by atoms with Crippen LogP contribution >= 0.6 is 0 Å². The van der Waals surface area contributed by atoms with Crippen LogP contribution < -0.4 is 4.72 Å². The molecule has 0 aliphatic heterocycles. The van der Waals surface area contributed by atoms with Gasteiger partial charge in [0.1, 0.15) is 4.87 Å². The van der Waals surface area contributed by atoms with Gasteiger partial charge in [-0.3, -0.25) is 0 Å². The molecule has 0 aromatic carbocycles. The van der Waals surface area contributed by atoms with Crippen LogP contribution in [0.25, 0.3) is 0 Å². The Morgan fingerprint density at radius 3 is 1.33 bits per heavy atom. The highest BCUT2D eigenvalue weighted by atomic mass is 32.2. The number of hydrogen-bond acceptors (Lipinski definition) is 4. The summed E-state index contributed by atoms with van der Waals surface area (Å²) in [5.41, 5.74) is -11.8. The summed E-state index contributed by atoms with van der Waals surface area (Å²) in [6.07, 6.45) is 0. The Hall–Kier alpha value is -0.560. The quantitative estimate of drug-likeness (QED) is 0.789. The average Bonchev–Trinajstić information content (AvgIpc) is 1.96. The van der Waals surface area contributed by atoms with Crippen molar-refractivity contribution in [2.75, 3.05) is 0 Å². The van der Waals surface area contributed by atoms with Crippen molar-refractivity contribution in [3.63, 3.8) is 0 Å². The average molecular weight is 323 g/mol. The minimum absolute atomic E-state index is 0.152. The Bertz CT molecular complexity index is 513. The van der Waals surface area contributed by atoms with Crippen molar-refractivity contribution in [1.82, 2.24) is 4.72 Å². The highest BCUT2D eigenvalue weighted by Crippen LogP contribution is 2.34. The van der Waals surface area contributed by atoms with Crippen LogP contribution in [0.15, 0.2) is 0 Å². The third-order valence-electron chi connectivity index (χ3n) is 1.66. The van der Waals surface area contributed by atoms with Crippen LogP contribution in [0.2, 0.25) is 0 Å². The summed E-state index contributed by atoms with van der Waals surface area (Å²) in [6, 6.07) is 0. The van der Waals surface area contributed by atoms with E-state index in [1.807, 2.05) is 0 Å². The standard InChI is InChI=1S/C5H7F6NO4S2/c1-3(2,17(13,14)4(6,7)8)12-18(15,16)5(9,10)11/h12H,1-2H3. The van der Waals surface area contributed by atoms with Crippen LogP contribution in [0, 0.1) is 0 Å². The van der Waals surface area contributed by atoms with Gasteiger partial charge in [-0.1, -0.05) is 0 Å². The van der Waals surface area contributed by atoms with Gasteiger partial charge in [0.25, 0.3) is 9.84 Å². The minimum atomic E-state index is -6.23. The molecular weight excluding hydrogens is 316 g/mol. The van der Waals surface area contributed by atoms with Crippen LogP contribution in [0.1, 0.15) is 13.8 Å². The molecule has 0 fully saturated rings. The van der Waals surface area contributed by atoms with Crippen molar-refractivity contribution >= 4 is 19.9 Å². The maximum Gasteiger partial charge on any atom is 0.511 e. The molecule has 0 aromatic heterocycles. The van der Waals surface area contributed by atoms with E-state index < -0.39 is 35.7 Å². The van der Waals surface area contributed by atoms with E-state index in [0.29, 0.717) is 4.72 Å². The zero-order chi connectivity index (χ0) is 15.2. The molecule has 0 amide bonds.